The van der Waals surface area contributed by atoms with Crippen LogP contribution in [0.1, 0.15) is 11.5 Å². The van der Waals surface area contributed by atoms with E-state index in [1.54, 1.807) is 0 Å². The molecule has 15 heteroatoms. The molecule has 0 atom stereocenters. The average molecular weight is 497 g/mol. The minimum absolute atomic E-state index is 0.0139. The molecule has 2 heterocycles. The molecule has 3 rings (SSSR count). The quantitative estimate of drug-likeness (QED) is 0.478. The summed E-state index contributed by atoms with van der Waals surface area (Å²) in [6.07, 6.45) is -10.5. The topological polar surface area (TPSA) is 99.4 Å². The number of aromatic nitrogens is 3. The van der Waals surface area contributed by atoms with E-state index >= 15 is 0 Å². The van der Waals surface area contributed by atoms with Crippen LogP contribution >= 0.6 is 11.6 Å². The first-order valence-corrected chi connectivity index (χ1v) is 9.10. The van der Waals surface area contributed by atoms with Gasteiger partial charge in [0.25, 0.3) is 0 Å². The lowest BCUT2D eigenvalue weighted by Gasteiger charge is -2.13. The highest BCUT2D eigenvalue weighted by molar-refractivity contribution is 6.30. The molecule has 0 saturated heterocycles. The van der Waals surface area contributed by atoms with E-state index in [9.17, 15) is 31.1 Å². The zero-order chi connectivity index (χ0) is 24.2. The van der Waals surface area contributed by atoms with E-state index in [2.05, 4.69) is 29.9 Å². The fourth-order valence-corrected chi connectivity index (χ4v) is 2.45. The van der Waals surface area contributed by atoms with Crippen LogP contribution in [0, 0.1) is 0 Å². The van der Waals surface area contributed by atoms with Crippen molar-refractivity contribution in [2.45, 2.75) is 18.9 Å². The second kappa shape index (κ2) is 9.52. The number of nitrogens with zero attached hydrogens (tertiary/aromatic N) is 3. The van der Waals surface area contributed by atoms with Gasteiger partial charge < -0.3 is 19.3 Å². The van der Waals surface area contributed by atoms with Crippen molar-refractivity contribution in [3.8, 4) is 22.9 Å². The third kappa shape index (κ3) is 6.97. The van der Waals surface area contributed by atoms with Crippen LogP contribution in [-0.4, -0.2) is 34.2 Å². The first-order valence-electron chi connectivity index (χ1n) is 8.72. The highest BCUT2D eigenvalue weighted by atomic mass is 35.5. The number of halogens is 7. The number of hydrogen-bond acceptors (Lipinski definition) is 7. The Morgan fingerprint density at radius 1 is 1.06 bits per heavy atom. The van der Waals surface area contributed by atoms with Gasteiger partial charge in [0.05, 0.1) is 12.1 Å². The second-order valence-electron chi connectivity index (χ2n) is 6.24. The number of alkyl halides is 6. The molecule has 176 valence electrons. The first kappa shape index (κ1) is 24.1. The van der Waals surface area contributed by atoms with Crippen LogP contribution in [0.2, 0.25) is 5.02 Å². The maximum atomic E-state index is 12.5. The van der Waals surface area contributed by atoms with Gasteiger partial charge in [-0.05, 0) is 17.7 Å². The van der Waals surface area contributed by atoms with Crippen molar-refractivity contribution in [3.63, 3.8) is 0 Å². The Morgan fingerprint density at radius 3 is 2.36 bits per heavy atom. The van der Waals surface area contributed by atoms with Crippen molar-refractivity contribution >= 4 is 17.7 Å². The number of carbonyl (C=O) groups is 1. The molecule has 0 radical (unpaired) electrons. The van der Waals surface area contributed by atoms with E-state index < -0.39 is 49.1 Å². The van der Waals surface area contributed by atoms with Gasteiger partial charge in [0.2, 0.25) is 17.5 Å². The molecule has 0 saturated carbocycles. The molecule has 3 aromatic rings. The molecular weight excluding hydrogens is 486 g/mol. The fourth-order valence-electron chi connectivity index (χ4n) is 2.33. The largest absolute Gasteiger partial charge is 0.466 e. The Balaban J connectivity index is 1.73. The summed E-state index contributed by atoms with van der Waals surface area (Å²) in [6.45, 7) is -2.11. The Kier molecular flexibility index (Phi) is 6.95. The van der Waals surface area contributed by atoms with Gasteiger partial charge in [-0.3, -0.25) is 0 Å². The lowest BCUT2D eigenvalue weighted by Crippen LogP contribution is -2.27. The highest BCUT2D eigenvalue weighted by Crippen LogP contribution is 2.32. The molecule has 8 nitrogen and oxygen atoms in total. The predicted molar refractivity (Wildman–Crippen MR) is 98.4 cm³/mol. The van der Waals surface area contributed by atoms with E-state index in [4.69, 9.17) is 16.3 Å². The van der Waals surface area contributed by atoms with Crippen molar-refractivity contribution in [3.05, 3.63) is 52.9 Å². The molecule has 0 aliphatic carbocycles. The Labute approximate surface area is 185 Å². The average Bonchev–Trinajstić information content (AvgIpc) is 3.21. The Hall–Kier alpha value is -3.55. The number of benzene rings is 1. The molecule has 0 fully saturated rings. The summed E-state index contributed by atoms with van der Waals surface area (Å²) in [4.78, 5) is 11.9. The summed E-state index contributed by atoms with van der Waals surface area (Å²) in [7, 11) is 0. The SMILES string of the molecule is O=C(NCc1cc(C(F)(F)F)on1)Oc1cc(-c2ccc(Cl)cc2)c(OCC(F)(F)F)nn1. The second-order valence-corrected chi connectivity index (χ2v) is 6.67. The molecule has 0 bridgehead atoms. The van der Waals surface area contributed by atoms with Crippen LogP contribution in [-0.2, 0) is 12.7 Å². The van der Waals surface area contributed by atoms with Crippen molar-refractivity contribution < 1.29 is 45.1 Å². The molecule has 0 aliphatic heterocycles. The number of nitrogens with one attached hydrogen (secondary N) is 1. The number of rotatable bonds is 6. The molecule has 1 N–H and O–H groups in total. The smallest absolute Gasteiger partial charge is 0.452 e. The zero-order valence-electron chi connectivity index (χ0n) is 16.0. The van der Waals surface area contributed by atoms with E-state index in [1.165, 1.54) is 24.3 Å². The van der Waals surface area contributed by atoms with Crippen molar-refractivity contribution in [2.75, 3.05) is 6.61 Å². The maximum Gasteiger partial charge on any atom is 0.452 e. The Bertz CT molecular complexity index is 1120. The van der Waals surface area contributed by atoms with Crippen molar-refractivity contribution in [2.24, 2.45) is 0 Å². The number of hydrogen-bond donors (Lipinski definition) is 1. The maximum absolute atomic E-state index is 12.5. The van der Waals surface area contributed by atoms with Crippen LogP contribution in [0.5, 0.6) is 11.8 Å². The third-order valence-electron chi connectivity index (χ3n) is 3.71. The van der Waals surface area contributed by atoms with Crippen LogP contribution in [0.3, 0.4) is 0 Å². The van der Waals surface area contributed by atoms with E-state index in [0.717, 1.165) is 6.07 Å². The molecule has 1 aromatic carbocycles. The molecule has 2 aromatic heterocycles. The standard InChI is InChI=1S/C18H11ClF6N4O4/c19-10-3-1-9(2-4-10)12-6-14(27-28-15(12)31-8-17(20,21)22)32-16(30)26-7-11-5-13(33-29-11)18(23,24)25/h1-6H,7-8H2,(H,26,30). The van der Waals surface area contributed by atoms with Crippen LogP contribution in [0.4, 0.5) is 31.1 Å². The zero-order valence-corrected chi connectivity index (χ0v) is 16.8. The Morgan fingerprint density at radius 2 is 1.76 bits per heavy atom. The minimum atomic E-state index is -4.74. The molecule has 33 heavy (non-hydrogen) atoms. The normalized spacial score (nSPS) is 11.8. The van der Waals surface area contributed by atoms with Crippen molar-refractivity contribution in [1.82, 2.24) is 20.7 Å². The first-order chi connectivity index (χ1) is 15.4. The van der Waals surface area contributed by atoms with Gasteiger partial charge >= 0.3 is 18.4 Å². The summed E-state index contributed by atoms with van der Waals surface area (Å²) >= 11 is 5.81. The summed E-state index contributed by atoms with van der Waals surface area (Å²) in [5, 5.41) is 12.6. The van der Waals surface area contributed by atoms with Gasteiger partial charge in [0.1, 0.15) is 5.69 Å². The van der Waals surface area contributed by atoms with Crippen LogP contribution < -0.4 is 14.8 Å². The van der Waals surface area contributed by atoms with Gasteiger partial charge in [0, 0.05) is 17.2 Å². The molecule has 1 amide bonds. The van der Waals surface area contributed by atoms with E-state index in [-0.39, 0.29) is 11.3 Å². The molecule has 0 aliphatic rings. The van der Waals surface area contributed by atoms with Gasteiger partial charge in [-0.1, -0.05) is 28.9 Å². The van der Waals surface area contributed by atoms with Crippen molar-refractivity contribution in [1.29, 1.82) is 0 Å². The van der Waals surface area contributed by atoms with Gasteiger partial charge in [-0.2, -0.15) is 26.3 Å². The molecule has 0 spiro atoms. The monoisotopic (exact) mass is 496 g/mol. The summed E-state index contributed by atoms with van der Waals surface area (Å²) in [6, 6.07) is 7.54. The predicted octanol–water partition coefficient (Wildman–Crippen LogP) is 5.03. The summed E-state index contributed by atoms with van der Waals surface area (Å²) in [5.74, 6) is -2.25. The van der Waals surface area contributed by atoms with E-state index in [0.29, 0.717) is 16.7 Å². The highest BCUT2D eigenvalue weighted by Gasteiger charge is 2.36. The van der Waals surface area contributed by atoms with E-state index in [1.807, 2.05) is 0 Å². The number of ether oxygens (including phenoxy) is 2. The summed E-state index contributed by atoms with van der Waals surface area (Å²) in [5.41, 5.74) is 0.113. The molecule has 0 unspecified atom stereocenters. The van der Waals surface area contributed by atoms with Gasteiger partial charge in [-0.25, -0.2) is 4.79 Å². The fraction of sp³-hybridized carbons (Fsp3) is 0.222. The lowest BCUT2D eigenvalue weighted by atomic mass is 10.1. The minimum Gasteiger partial charge on any atom is -0.466 e. The number of carbonyl (C=O) groups excluding carboxylic acids is 1. The third-order valence-corrected chi connectivity index (χ3v) is 3.97. The number of amides is 1. The molecular formula is C18H11ClF6N4O4. The summed E-state index contributed by atoms with van der Waals surface area (Å²) < 4.78 is 88.8. The van der Waals surface area contributed by atoms with Crippen LogP contribution in [0.15, 0.2) is 40.9 Å². The van der Waals surface area contributed by atoms with Crippen LogP contribution in [0.25, 0.3) is 11.1 Å². The lowest BCUT2D eigenvalue weighted by molar-refractivity contribution is -0.155. The van der Waals surface area contributed by atoms with Gasteiger partial charge in [-0.15, -0.1) is 10.2 Å². The van der Waals surface area contributed by atoms with Gasteiger partial charge in [0.15, 0.2) is 6.61 Å².